The van der Waals surface area contributed by atoms with Crippen molar-refractivity contribution >= 4 is 29.9 Å². The molecule has 0 aromatic rings. The summed E-state index contributed by atoms with van der Waals surface area (Å²) in [6.45, 7) is 14.6. The molecule has 4 fully saturated rings. The van der Waals surface area contributed by atoms with Gasteiger partial charge in [0.05, 0.1) is 19.3 Å². The second-order valence-electron chi connectivity index (χ2n) is 8.52. The molecule has 0 aromatic heterocycles. The lowest BCUT2D eigenvalue weighted by atomic mass is 9.57. The van der Waals surface area contributed by atoms with Crippen LogP contribution in [0.25, 0.3) is 0 Å². The first-order valence-corrected chi connectivity index (χ1v) is 10.1. The molecule has 1 N–H and O–H groups in total. The largest absolute Gasteiger partial charge is 0.379 e. The van der Waals surface area contributed by atoms with Gasteiger partial charge >= 0.3 is 0 Å². The van der Waals surface area contributed by atoms with Crippen LogP contribution >= 0.6 is 24.0 Å². The topological polar surface area (TPSA) is 49.3 Å². The quantitative estimate of drug-likeness (QED) is 0.381. The molecule has 0 radical (unpaired) electrons. The van der Waals surface area contributed by atoms with Gasteiger partial charge < -0.3 is 19.7 Å². The summed E-state index contributed by atoms with van der Waals surface area (Å²) in [5.41, 5.74) is 0.193. The standard InChI is InChI=1S/C19H34N4O2.HI/c1-4-20-18(21-16-15-6-10-25-17(15)19(16,2)3)23-7-5-14(13-23)22-8-11-24-12-9-22;/h14-17H,4-13H2,1-3H3,(H,20,21);1H. The first-order chi connectivity index (χ1) is 12.1. The van der Waals surface area contributed by atoms with Crippen LogP contribution < -0.4 is 5.32 Å². The number of fused-ring (bicyclic) bond motifs is 1. The van der Waals surface area contributed by atoms with Crippen LogP contribution in [0, 0.1) is 11.3 Å². The molecular weight excluding hydrogens is 443 g/mol. The van der Waals surface area contributed by atoms with E-state index in [2.05, 4.69) is 35.9 Å². The number of likely N-dealkylation sites (tertiary alicyclic amines) is 1. The Hall–Kier alpha value is -0.120. The van der Waals surface area contributed by atoms with Gasteiger partial charge in [0, 0.05) is 62.7 Å². The maximum absolute atomic E-state index is 5.95. The van der Waals surface area contributed by atoms with Crippen molar-refractivity contribution in [2.45, 2.75) is 51.8 Å². The second kappa shape index (κ2) is 8.49. The van der Waals surface area contributed by atoms with Crippen molar-refractivity contribution in [2.75, 3.05) is 52.5 Å². The number of morpholine rings is 1. The lowest BCUT2D eigenvalue weighted by molar-refractivity contribution is -0.107. The Labute approximate surface area is 175 Å². The summed E-state index contributed by atoms with van der Waals surface area (Å²) in [7, 11) is 0. The summed E-state index contributed by atoms with van der Waals surface area (Å²) < 4.78 is 11.5. The maximum atomic E-state index is 5.95. The third kappa shape index (κ3) is 3.73. The number of hydrogen-bond acceptors (Lipinski definition) is 4. The average Bonchev–Trinajstić information content (AvgIpc) is 3.28. The van der Waals surface area contributed by atoms with Gasteiger partial charge in [-0.05, 0) is 19.8 Å². The first kappa shape index (κ1) is 20.6. The molecule has 0 amide bonds. The number of nitrogens with one attached hydrogen (secondary N) is 1. The SMILES string of the molecule is CCN=C(NC1C2CCOC2C1(C)C)N1CCC(N2CCOCC2)C1.I. The molecule has 6 nitrogen and oxygen atoms in total. The van der Waals surface area contributed by atoms with Crippen molar-refractivity contribution in [3.8, 4) is 0 Å². The van der Waals surface area contributed by atoms with Gasteiger partial charge in [0.15, 0.2) is 5.96 Å². The Balaban J connectivity index is 0.00000196. The molecular formula is C19H35IN4O2. The molecule has 150 valence electrons. The van der Waals surface area contributed by atoms with Gasteiger partial charge in [-0.3, -0.25) is 9.89 Å². The van der Waals surface area contributed by atoms with Gasteiger partial charge in [-0.2, -0.15) is 0 Å². The highest BCUT2D eigenvalue weighted by atomic mass is 127. The molecule has 4 aliphatic rings. The second-order valence-corrected chi connectivity index (χ2v) is 8.52. The summed E-state index contributed by atoms with van der Waals surface area (Å²) in [5.74, 6) is 1.76. The fraction of sp³-hybridized carbons (Fsp3) is 0.947. The summed E-state index contributed by atoms with van der Waals surface area (Å²) in [6, 6.07) is 1.12. The van der Waals surface area contributed by atoms with E-state index >= 15 is 0 Å². The van der Waals surface area contributed by atoms with Crippen molar-refractivity contribution in [1.82, 2.24) is 15.1 Å². The van der Waals surface area contributed by atoms with Crippen LogP contribution in [-0.4, -0.2) is 86.5 Å². The van der Waals surface area contributed by atoms with Gasteiger partial charge in [0.25, 0.3) is 0 Å². The van der Waals surface area contributed by atoms with Gasteiger partial charge in [0.2, 0.25) is 0 Å². The molecule has 4 unspecified atom stereocenters. The number of hydrogen-bond donors (Lipinski definition) is 1. The van der Waals surface area contributed by atoms with Crippen LogP contribution in [0.4, 0.5) is 0 Å². The predicted octanol–water partition coefficient (Wildman–Crippen LogP) is 1.79. The number of halogens is 1. The van der Waals surface area contributed by atoms with E-state index in [-0.39, 0.29) is 29.4 Å². The minimum absolute atomic E-state index is 0. The van der Waals surface area contributed by atoms with Crippen molar-refractivity contribution in [3.63, 3.8) is 0 Å². The Bertz CT molecular complexity index is 510. The normalized spacial score (nSPS) is 37.0. The molecule has 4 rings (SSSR count). The van der Waals surface area contributed by atoms with Crippen LogP contribution in [0.1, 0.15) is 33.6 Å². The highest BCUT2D eigenvalue weighted by Crippen LogP contribution is 2.52. The molecule has 0 spiro atoms. The number of nitrogens with zero attached hydrogens (tertiary/aromatic N) is 3. The molecule has 3 heterocycles. The fourth-order valence-electron chi connectivity index (χ4n) is 5.32. The lowest BCUT2D eigenvalue weighted by Crippen LogP contribution is -2.68. The molecule has 26 heavy (non-hydrogen) atoms. The zero-order chi connectivity index (χ0) is 17.4. The minimum atomic E-state index is 0. The van der Waals surface area contributed by atoms with E-state index < -0.39 is 0 Å². The smallest absolute Gasteiger partial charge is 0.194 e. The van der Waals surface area contributed by atoms with Crippen LogP contribution in [0.2, 0.25) is 0 Å². The Morgan fingerprint density at radius 2 is 1.92 bits per heavy atom. The van der Waals surface area contributed by atoms with Crippen LogP contribution in [0.3, 0.4) is 0 Å². The summed E-state index contributed by atoms with van der Waals surface area (Å²) in [6.07, 6.45) is 2.84. The van der Waals surface area contributed by atoms with Crippen molar-refractivity contribution in [3.05, 3.63) is 0 Å². The highest BCUT2D eigenvalue weighted by molar-refractivity contribution is 14.0. The van der Waals surface area contributed by atoms with E-state index in [4.69, 9.17) is 14.5 Å². The van der Waals surface area contributed by atoms with Crippen LogP contribution in [0.5, 0.6) is 0 Å². The zero-order valence-corrected chi connectivity index (χ0v) is 18.8. The zero-order valence-electron chi connectivity index (χ0n) is 16.4. The van der Waals surface area contributed by atoms with E-state index in [1.807, 2.05) is 0 Å². The van der Waals surface area contributed by atoms with E-state index in [0.717, 1.165) is 58.5 Å². The number of rotatable bonds is 3. The van der Waals surface area contributed by atoms with Gasteiger partial charge in [-0.25, -0.2) is 0 Å². The average molecular weight is 478 g/mol. The Morgan fingerprint density at radius 1 is 1.15 bits per heavy atom. The Kier molecular flexibility index (Phi) is 6.73. The van der Waals surface area contributed by atoms with Crippen molar-refractivity contribution in [2.24, 2.45) is 16.3 Å². The summed E-state index contributed by atoms with van der Waals surface area (Å²) in [4.78, 5) is 9.91. The van der Waals surface area contributed by atoms with Crippen molar-refractivity contribution in [1.29, 1.82) is 0 Å². The first-order valence-electron chi connectivity index (χ1n) is 10.1. The maximum Gasteiger partial charge on any atom is 0.194 e. The molecule has 0 bridgehead atoms. The molecule has 4 atom stereocenters. The highest BCUT2D eigenvalue weighted by Gasteiger charge is 2.59. The molecule has 7 heteroatoms. The van der Waals surface area contributed by atoms with Gasteiger partial charge in [0.1, 0.15) is 0 Å². The number of aliphatic imine (C=N–C) groups is 1. The molecule has 1 aliphatic carbocycles. The van der Waals surface area contributed by atoms with Gasteiger partial charge in [-0.15, -0.1) is 24.0 Å². The molecule has 1 saturated carbocycles. The third-order valence-electron chi connectivity index (χ3n) is 6.72. The van der Waals surface area contributed by atoms with Crippen LogP contribution in [-0.2, 0) is 9.47 Å². The van der Waals surface area contributed by atoms with Gasteiger partial charge in [-0.1, -0.05) is 13.8 Å². The van der Waals surface area contributed by atoms with Crippen molar-refractivity contribution < 1.29 is 9.47 Å². The van der Waals surface area contributed by atoms with E-state index in [1.165, 1.54) is 12.8 Å². The predicted molar refractivity (Wildman–Crippen MR) is 114 cm³/mol. The molecule has 3 aliphatic heterocycles. The third-order valence-corrected chi connectivity index (χ3v) is 6.72. The summed E-state index contributed by atoms with van der Waals surface area (Å²) in [5, 5.41) is 3.83. The Morgan fingerprint density at radius 3 is 2.65 bits per heavy atom. The molecule has 3 saturated heterocycles. The number of guanidine groups is 1. The van der Waals surface area contributed by atoms with E-state index in [9.17, 15) is 0 Å². The lowest BCUT2D eigenvalue weighted by Gasteiger charge is -2.55. The molecule has 0 aromatic carbocycles. The fourth-order valence-corrected chi connectivity index (χ4v) is 5.32. The van der Waals surface area contributed by atoms with E-state index in [1.54, 1.807) is 0 Å². The minimum Gasteiger partial charge on any atom is -0.379 e. The summed E-state index contributed by atoms with van der Waals surface area (Å²) >= 11 is 0. The van der Waals surface area contributed by atoms with Crippen LogP contribution in [0.15, 0.2) is 4.99 Å². The van der Waals surface area contributed by atoms with E-state index in [0.29, 0.717) is 24.1 Å². The monoisotopic (exact) mass is 478 g/mol. The number of ether oxygens (including phenoxy) is 2.